The zero-order valence-corrected chi connectivity index (χ0v) is 23.7. The predicted molar refractivity (Wildman–Crippen MR) is 160 cm³/mol. The average molecular weight is 572 g/mol. The Labute approximate surface area is 242 Å². The molecular weight excluding hydrogens is 542 g/mol. The van der Waals surface area contributed by atoms with E-state index in [1.165, 1.54) is 17.7 Å². The van der Waals surface area contributed by atoms with Gasteiger partial charge >= 0.3 is 5.97 Å². The highest BCUT2D eigenvalue weighted by molar-refractivity contribution is 6.30. The Bertz CT molecular complexity index is 1660. The van der Waals surface area contributed by atoms with Crippen molar-refractivity contribution in [3.8, 4) is 11.1 Å². The Morgan fingerprint density at radius 3 is 2.44 bits per heavy atom. The van der Waals surface area contributed by atoms with Crippen molar-refractivity contribution in [1.82, 2.24) is 4.57 Å². The molecule has 4 rings (SSSR count). The lowest BCUT2D eigenvalue weighted by Crippen LogP contribution is -2.19. The number of rotatable bonds is 9. The van der Waals surface area contributed by atoms with Crippen molar-refractivity contribution in [1.29, 1.82) is 0 Å². The minimum absolute atomic E-state index is 0.183. The molecule has 1 amide bonds. The van der Waals surface area contributed by atoms with Crippen molar-refractivity contribution >= 4 is 34.9 Å². The molecule has 0 saturated heterocycles. The second kappa shape index (κ2) is 13.1. The van der Waals surface area contributed by atoms with Crippen molar-refractivity contribution in [3.05, 3.63) is 123 Å². The number of carbonyl (C=O) groups excluding carboxylic acids is 2. The minimum atomic E-state index is -0.639. The van der Waals surface area contributed by atoms with Gasteiger partial charge in [0, 0.05) is 47.9 Å². The van der Waals surface area contributed by atoms with Crippen LogP contribution in [0.1, 0.15) is 41.0 Å². The van der Waals surface area contributed by atoms with E-state index in [0.717, 1.165) is 27.8 Å². The van der Waals surface area contributed by atoms with Gasteiger partial charge in [-0.05, 0) is 65.1 Å². The maximum atomic E-state index is 12.5. The molecule has 4 aromatic rings. The highest BCUT2D eigenvalue weighted by Gasteiger charge is 2.25. The molecule has 0 radical (unpaired) electrons. The number of oxime groups is 1. The number of nitrogens with zero attached hydrogens (tertiary/aromatic N) is 2. The van der Waals surface area contributed by atoms with E-state index in [9.17, 15) is 19.6 Å². The summed E-state index contributed by atoms with van der Waals surface area (Å²) in [6.45, 7) is 1.96. The summed E-state index contributed by atoms with van der Waals surface area (Å²) in [5.74, 6) is -1.50. The van der Waals surface area contributed by atoms with Crippen molar-refractivity contribution < 1.29 is 19.5 Å². The summed E-state index contributed by atoms with van der Waals surface area (Å²) in [7, 11) is 2.86. The van der Waals surface area contributed by atoms with Crippen molar-refractivity contribution in [3.63, 3.8) is 0 Å². The molecule has 2 N–H and O–H groups in total. The predicted octanol–water partition coefficient (Wildman–Crippen LogP) is 5.92. The standard InChI is InChI=1S/C32H30ClN3O5/c1-20-15-23(33)10-12-25(20)28(17-29(35-40)22-9-14-31(38)36(2)19-22)27-16-24(34-30(37)18-32(39)41-3)11-13-26(27)21-7-5-4-6-8-21/h4-16,19,28,40H,17-18H2,1-3H3,(H,34,37)/b35-29+. The number of aryl methyl sites for hydroxylation is 2. The number of anilines is 1. The first-order chi connectivity index (χ1) is 19.7. The Balaban J connectivity index is 1.89. The number of carbonyl (C=O) groups is 2. The summed E-state index contributed by atoms with van der Waals surface area (Å²) < 4.78 is 6.05. The number of pyridine rings is 1. The molecule has 1 unspecified atom stereocenters. The van der Waals surface area contributed by atoms with Gasteiger partial charge in [-0.1, -0.05) is 59.2 Å². The number of hydrogen-bond donors (Lipinski definition) is 2. The van der Waals surface area contributed by atoms with Crippen LogP contribution in [-0.4, -0.2) is 34.5 Å². The molecule has 0 fully saturated rings. The number of ether oxygens (including phenoxy) is 1. The highest BCUT2D eigenvalue weighted by Crippen LogP contribution is 2.40. The van der Waals surface area contributed by atoms with Crippen molar-refractivity contribution in [2.45, 2.75) is 25.7 Å². The lowest BCUT2D eigenvalue weighted by molar-refractivity contribution is -0.142. The van der Waals surface area contributed by atoms with E-state index in [4.69, 9.17) is 11.6 Å². The van der Waals surface area contributed by atoms with Crippen LogP contribution in [0.5, 0.6) is 0 Å². The molecular formula is C32H30ClN3O5. The molecule has 8 nitrogen and oxygen atoms in total. The molecule has 1 heterocycles. The van der Waals surface area contributed by atoms with Gasteiger partial charge in [-0.2, -0.15) is 0 Å². The van der Waals surface area contributed by atoms with Crippen LogP contribution in [0.3, 0.4) is 0 Å². The maximum Gasteiger partial charge on any atom is 0.315 e. The summed E-state index contributed by atoms with van der Waals surface area (Å²) in [4.78, 5) is 36.2. The first-order valence-electron chi connectivity index (χ1n) is 12.9. The molecule has 3 aromatic carbocycles. The maximum absolute atomic E-state index is 12.5. The lowest BCUT2D eigenvalue weighted by Gasteiger charge is -2.25. The van der Waals surface area contributed by atoms with Gasteiger partial charge in [0.2, 0.25) is 11.5 Å². The number of aromatic nitrogens is 1. The number of halogens is 1. The van der Waals surface area contributed by atoms with Crippen LogP contribution in [0.2, 0.25) is 5.02 Å². The Morgan fingerprint density at radius 2 is 1.78 bits per heavy atom. The van der Waals surface area contributed by atoms with Gasteiger partial charge in [-0.3, -0.25) is 14.4 Å². The second-order valence-electron chi connectivity index (χ2n) is 9.64. The van der Waals surface area contributed by atoms with Crippen molar-refractivity contribution in [2.75, 3.05) is 12.4 Å². The zero-order valence-electron chi connectivity index (χ0n) is 22.9. The second-order valence-corrected chi connectivity index (χ2v) is 10.1. The normalized spacial score (nSPS) is 12.0. The first-order valence-corrected chi connectivity index (χ1v) is 13.3. The molecule has 41 heavy (non-hydrogen) atoms. The van der Waals surface area contributed by atoms with E-state index in [1.54, 1.807) is 25.4 Å². The Hall–Kier alpha value is -4.69. The fourth-order valence-corrected chi connectivity index (χ4v) is 5.04. The van der Waals surface area contributed by atoms with Crippen molar-refractivity contribution in [2.24, 2.45) is 12.2 Å². The number of amides is 1. The van der Waals surface area contributed by atoms with Crippen LogP contribution in [0.4, 0.5) is 5.69 Å². The van der Waals surface area contributed by atoms with E-state index >= 15 is 0 Å². The summed E-state index contributed by atoms with van der Waals surface area (Å²) in [5.41, 5.74) is 5.87. The monoisotopic (exact) mass is 571 g/mol. The molecule has 0 bridgehead atoms. The summed E-state index contributed by atoms with van der Waals surface area (Å²) in [6.07, 6.45) is 1.47. The molecule has 1 aromatic heterocycles. The van der Waals surface area contributed by atoms with Gasteiger partial charge in [0.15, 0.2) is 0 Å². The molecule has 0 aliphatic rings. The molecule has 210 valence electrons. The topological polar surface area (TPSA) is 110 Å². The van der Waals surface area contributed by atoms with E-state index in [1.807, 2.05) is 67.6 Å². The van der Waals surface area contributed by atoms with Gasteiger partial charge < -0.3 is 19.8 Å². The number of nitrogens with one attached hydrogen (secondary N) is 1. The van der Waals surface area contributed by atoms with E-state index in [-0.39, 0.29) is 17.9 Å². The minimum Gasteiger partial charge on any atom is -0.469 e. The number of methoxy groups -OCH3 is 1. The quantitative estimate of drug-likeness (QED) is 0.0852. The summed E-state index contributed by atoms with van der Waals surface area (Å²) in [6, 6.07) is 24.0. The third-order valence-corrected chi connectivity index (χ3v) is 7.11. The van der Waals surface area contributed by atoms with Gasteiger partial charge in [-0.15, -0.1) is 0 Å². The van der Waals surface area contributed by atoms with Gasteiger partial charge in [0.1, 0.15) is 6.42 Å². The largest absolute Gasteiger partial charge is 0.469 e. The van der Waals surface area contributed by atoms with E-state index in [0.29, 0.717) is 22.0 Å². The van der Waals surface area contributed by atoms with Gasteiger partial charge in [0.05, 0.1) is 12.8 Å². The van der Waals surface area contributed by atoms with Crippen LogP contribution >= 0.6 is 11.6 Å². The zero-order chi connectivity index (χ0) is 29.5. The Kier molecular flexibility index (Phi) is 9.37. The van der Waals surface area contributed by atoms with Crippen LogP contribution in [0.25, 0.3) is 11.1 Å². The summed E-state index contributed by atoms with van der Waals surface area (Å²) in [5, 5.41) is 17.2. The van der Waals surface area contributed by atoms with Gasteiger partial charge in [-0.25, -0.2) is 0 Å². The van der Waals surface area contributed by atoms with Crippen LogP contribution < -0.4 is 10.9 Å². The molecule has 0 saturated carbocycles. The van der Waals surface area contributed by atoms with E-state index < -0.39 is 18.3 Å². The number of hydrogen-bond acceptors (Lipinski definition) is 6. The highest BCUT2D eigenvalue weighted by atomic mass is 35.5. The molecule has 0 aliphatic carbocycles. The van der Waals surface area contributed by atoms with E-state index in [2.05, 4.69) is 15.2 Å². The molecule has 0 spiro atoms. The SMILES string of the molecule is COC(=O)CC(=O)Nc1ccc(-c2ccccc2)c(C(C/C(=N\O)c2ccc(=O)n(C)c2)c2ccc(Cl)cc2C)c1. The first kappa shape index (κ1) is 29.3. The number of benzene rings is 3. The average Bonchev–Trinajstić information content (AvgIpc) is 2.96. The lowest BCUT2D eigenvalue weighted by atomic mass is 9.80. The molecule has 0 aliphatic heterocycles. The van der Waals surface area contributed by atoms with Crippen LogP contribution in [0.15, 0.2) is 95.0 Å². The third kappa shape index (κ3) is 7.10. The fraction of sp³-hybridized carbons (Fsp3) is 0.188. The van der Waals surface area contributed by atoms with Crippen LogP contribution in [0, 0.1) is 6.92 Å². The summed E-state index contributed by atoms with van der Waals surface area (Å²) >= 11 is 6.31. The van der Waals surface area contributed by atoms with Gasteiger partial charge in [0.25, 0.3) is 0 Å². The van der Waals surface area contributed by atoms with Crippen LogP contribution in [-0.2, 0) is 21.4 Å². The Morgan fingerprint density at radius 1 is 1.02 bits per heavy atom. The fourth-order valence-electron chi connectivity index (χ4n) is 4.81. The molecule has 1 atom stereocenters. The molecule has 9 heteroatoms. The smallest absolute Gasteiger partial charge is 0.315 e. The third-order valence-electron chi connectivity index (χ3n) is 6.87. The number of esters is 1.